The molecule has 0 saturated heterocycles. The Labute approximate surface area is 268 Å². The standard InChI is InChI=1S/C43H40N2/c1-29-7-15-33(16-8-29)44(34-17-9-30(2)10-18-34)37-23-25-41-39(27-37)40-28-38(24-26-42(40)43(41,5)6)45(35-19-11-31(3)12-20-35)36-21-13-32(4)14-22-36/h7-28H,1-6H3. The van der Waals surface area contributed by atoms with E-state index >= 15 is 0 Å². The van der Waals surface area contributed by atoms with Crippen molar-refractivity contribution in [2.75, 3.05) is 9.80 Å². The zero-order valence-corrected chi connectivity index (χ0v) is 27.1. The van der Waals surface area contributed by atoms with Crippen LogP contribution in [0.4, 0.5) is 34.1 Å². The van der Waals surface area contributed by atoms with Crippen LogP contribution in [0, 0.1) is 27.7 Å². The molecule has 6 aromatic rings. The summed E-state index contributed by atoms with van der Waals surface area (Å²) in [4.78, 5) is 4.75. The summed E-state index contributed by atoms with van der Waals surface area (Å²) in [5, 5.41) is 0. The van der Waals surface area contributed by atoms with E-state index in [1.807, 2.05) is 0 Å². The van der Waals surface area contributed by atoms with E-state index in [9.17, 15) is 0 Å². The molecule has 0 saturated carbocycles. The first-order chi connectivity index (χ1) is 21.7. The maximum Gasteiger partial charge on any atom is 0.0468 e. The molecule has 0 aromatic heterocycles. The van der Waals surface area contributed by atoms with Gasteiger partial charge in [-0.3, -0.25) is 0 Å². The Balaban J connectivity index is 1.39. The summed E-state index contributed by atoms with van der Waals surface area (Å²) in [6.07, 6.45) is 0. The van der Waals surface area contributed by atoms with Crippen LogP contribution in [0.5, 0.6) is 0 Å². The van der Waals surface area contributed by atoms with Crippen LogP contribution >= 0.6 is 0 Å². The lowest BCUT2D eigenvalue weighted by molar-refractivity contribution is 0.660. The van der Waals surface area contributed by atoms with Gasteiger partial charge in [-0.25, -0.2) is 0 Å². The second-order valence-electron chi connectivity index (χ2n) is 13.1. The summed E-state index contributed by atoms with van der Waals surface area (Å²) in [5.74, 6) is 0. The molecule has 0 spiro atoms. The van der Waals surface area contributed by atoms with Crippen molar-refractivity contribution < 1.29 is 0 Å². The lowest BCUT2D eigenvalue weighted by atomic mass is 9.82. The number of nitrogens with zero attached hydrogens (tertiary/aromatic N) is 2. The highest BCUT2D eigenvalue weighted by Crippen LogP contribution is 2.52. The van der Waals surface area contributed by atoms with Crippen LogP contribution in [0.2, 0.25) is 0 Å². The van der Waals surface area contributed by atoms with Crippen LogP contribution in [0.15, 0.2) is 133 Å². The van der Waals surface area contributed by atoms with Gasteiger partial charge in [-0.2, -0.15) is 0 Å². The lowest BCUT2D eigenvalue weighted by Gasteiger charge is -2.27. The van der Waals surface area contributed by atoms with Crippen molar-refractivity contribution in [2.45, 2.75) is 47.0 Å². The minimum atomic E-state index is -0.0984. The summed E-state index contributed by atoms with van der Waals surface area (Å²) in [6, 6.07) is 49.4. The Kier molecular flexibility index (Phi) is 7.09. The molecule has 0 bridgehead atoms. The van der Waals surface area contributed by atoms with E-state index < -0.39 is 0 Å². The Morgan fingerprint density at radius 2 is 0.578 bits per heavy atom. The fourth-order valence-corrected chi connectivity index (χ4v) is 6.69. The summed E-state index contributed by atoms with van der Waals surface area (Å²) in [5.41, 5.74) is 17.2. The molecule has 2 nitrogen and oxygen atoms in total. The number of hydrogen-bond acceptors (Lipinski definition) is 2. The average molecular weight is 585 g/mol. The fourth-order valence-electron chi connectivity index (χ4n) is 6.69. The van der Waals surface area contributed by atoms with Crippen molar-refractivity contribution in [3.05, 3.63) is 167 Å². The van der Waals surface area contributed by atoms with E-state index in [4.69, 9.17) is 0 Å². The molecule has 45 heavy (non-hydrogen) atoms. The summed E-state index contributed by atoms with van der Waals surface area (Å²) < 4.78 is 0. The molecular weight excluding hydrogens is 544 g/mol. The molecule has 2 heteroatoms. The highest BCUT2D eigenvalue weighted by Gasteiger charge is 2.36. The minimum absolute atomic E-state index is 0.0984. The quantitative estimate of drug-likeness (QED) is 0.192. The van der Waals surface area contributed by atoms with Crippen LogP contribution in [0.25, 0.3) is 11.1 Å². The van der Waals surface area contributed by atoms with Gasteiger partial charge in [0, 0.05) is 39.5 Å². The summed E-state index contributed by atoms with van der Waals surface area (Å²) in [7, 11) is 0. The molecule has 0 radical (unpaired) electrons. The van der Waals surface area contributed by atoms with Crippen LogP contribution in [0.1, 0.15) is 47.2 Å². The second kappa shape index (κ2) is 11.1. The van der Waals surface area contributed by atoms with Gasteiger partial charge < -0.3 is 9.80 Å². The third-order valence-corrected chi connectivity index (χ3v) is 9.33. The van der Waals surface area contributed by atoms with E-state index in [1.54, 1.807) is 0 Å². The highest BCUT2D eigenvalue weighted by molar-refractivity contribution is 5.89. The fraction of sp³-hybridized carbons (Fsp3) is 0.163. The van der Waals surface area contributed by atoms with Crippen LogP contribution in [-0.2, 0) is 5.41 Å². The molecule has 0 unspecified atom stereocenters. The van der Waals surface area contributed by atoms with Crippen molar-refractivity contribution in [1.29, 1.82) is 0 Å². The van der Waals surface area contributed by atoms with Gasteiger partial charge in [-0.1, -0.05) is 96.8 Å². The number of benzene rings is 6. The number of anilines is 6. The Morgan fingerprint density at radius 3 is 0.844 bits per heavy atom. The number of fused-ring (bicyclic) bond motifs is 3. The molecule has 1 aliphatic carbocycles. The first-order valence-corrected chi connectivity index (χ1v) is 15.9. The highest BCUT2D eigenvalue weighted by atomic mass is 15.1. The smallest absolute Gasteiger partial charge is 0.0468 e. The second-order valence-corrected chi connectivity index (χ2v) is 13.1. The third-order valence-electron chi connectivity index (χ3n) is 9.33. The maximum atomic E-state index is 2.40. The molecule has 1 aliphatic rings. The first-order valence-electron chi connectivity index (χ1n) is 15.9. The van der Waals surface area contributed by atoms with Gasteiger partial charge >= 0.3 is 0 Å². The number of rotatable bonds is 6. The molecule has 0 aliphatic heterocycles. The summed E-state index contributed by atoms with van der Waals surface area (Å²) >= 11 is 0. The monoisotopic (exact) mass is 584 g/mol. The predicted molar refractivity (Wildman–Crippen MR) is 192 cm³/mol. The summed E-state index contributed by atoms with van der Waals surface area (Å²) in [6.45, 7) is 13.3. The Bertz CT molecular complexity index is 1740. The van der Waals surface area contributed by atoms with Gasteiger partial charge in [-0.05, 0) is 123 Å². The molecular formula is C43H40N2. The van der Waals surface area contributed by atoms with Crippen LogP contribution in [0.3, 0.4) is 0 Å². The van der Waals surface area contributed by atoms with Crippen molar-refractivity contribution in [1.82, 2.24) is 0 Å². The van der Waals surface area contributed by atoms with E-state index in [2.05, 4.69) is 185 Å². The van der Waals surface area contributed by atoms with E-state index in [0.29, 0.717) is 0 Å². The largest absolute Gasteiger partial charge is 0.310 e. The molecule has 0 atom stereocenters. The molecule has 222 valence electrons. The van der Waals surface area contributed by atoms with Crippen molar-refractivity contribution in [3.8, 4) is 11.1 Å². The van der Waals surface area contributed by atoms with Crippen LogP contribution < -0.4 is 9.80 Å². The molecule has 6 aromatic carbocycles. The normalized spacial score (nSPS) is 12.8. The zero-order valence-electron chi connectivity index (χ0n) is 27.1. The molecule has 0 fully saturated rings. The van der Waals surface area contributed by atoms with Crippen molar-refractivity contribution in [3.63, 3.8) is 0 Å². The first kappa shape index (κ1) is 28.7. The third kappa shape index (κ3) is 5.21. The SMILES string of the molecule is Cc1ccc(N(c2ccc(C)cc2)c2ccc3c(c2)-c2cc(N(c4ccc(C)cc4)c4ccc(C)cc4)ccc2C3(C)C)cc1. The Hall–Kier alpha value is -5.08. The lowest BCUT2D eigenvalue weighted by Crippen LogP contribution is -2.16. The van der Waals surface area contributed by atoms with E-state index in [-0.39, 0.29) is 5.41 Å². The topological polar surface area (TPSA) is 6.48 Å². The molecule has 0 N–H and O–H groups in total. The van der Waals surface area contributed by atoms with E-state index in [0.717, 1.165) is 34.1 Å². The Morgan fingerprint density at radius 1 is 0.333 bits per heavy atom. The van der Waals surface area contributed by atoms with Crippen LogP contribution in [-0.4, -0.2) is 0 Å². The maximum absolute atomic E-state index is 2.40. The van der Waals surface area contributed by atoms with Gasteiger partial charge in [0.15, 0.2) is 0 Å². The molecule has 0 heterocycles. The number of hydrogen-bond donors (Lipinski definition) is 0. The average Bonchev–Trinajstić information content (AvgIpc) is 3.26. The predicted octanol–water partition coefficient (Wildman–Crippen LogP) is 12.2. The van der Waals surface area contributed by atoms with Crippen molar-refractivity contribution in [2.24, 2.45) is 0 Å². The zero-order chi connectivity index (χ0) is 31.3. The minimum Gasteiger partial charge on any atom is -0.310 e. The van der Waals surface area contributed by atoms with Gasteiger partial charge in [0.2, 0.25) is 0 Å². The van der Waals surface area contributed by atoms with Crippen molar-refractivity contribution >= 4 is 34.1 Å². The molecule has 0 amide bonds. The number of aryl methyl sites for hydroxylation is 4. The van der Waals surface area contributed by atoms with Gasteiger partial charge in [-0.15, -0.1) is 0 Å². The van der Waals surface area contributed by atoms with Gasteiger partial charge in [0.05, 0.1) is 0 Å². The van der Waals surface area contributed by atoms with Gasteiger partial charge in [0.25, 0.3) is 0 Å². The van der Waals surface area contributed by atoms with E-state index in [1.165, 1.54) is 44.5 Å². The molecule has 7 rings (SSSR count). The van der Waals surface area contributed by atoms with Gasteiger partial charge in [0.1, 0.15) is 0 Å².